The van der Waals surface area contributed by atoms with Gasteiger partial charge in [-0.25, -0.2) is 29.9 Å². The van der Waals surface area contributed by atoms with E-state index < -0.39 is 0 Å². The Morgan fingerprint density at radius 3 is 0.644 bits per heavy atom. The Hall–Kier alpha value is -12.0. The minimum Gasteiger partial charge on any atom is -0.311 e. The quantitative estimate of drug-likeness (QED) is 0.110. The molecule has 8 aliphatic rings. The molecule has 22 rings (SSSR count). The maximum Gasteiger partial charge on any atom is 0.252 e. The second kappa shape index (κ2) is 38.3. The zero-order valence-corrected chi connectivity index (χ0v) is 92.2. The molecule has 0 N–H and O–H groups in total. The van der Waals surface area contributed by atoms with Crippen molar-refractivity contribution in [3.63, 3.8) is 0 Å². The van der Waals surface area contributed by atoms with Gasteiger partial charge in [-0.15, -0.1) is 0 Å². The van der Waals surface area contributed by atoms with Crippen LogP contribution in [0.2, 0.25) is 0 Å². The lowest BCUT2D eigenvalue weighted by atomic mass is 9.33. The fourth-order valence-corrected chi connectivity index (χ4v) is 25.0. The lowest BCUT2D eigenvalue weighted by Crippen LogP contribution is -2.61. The maximum atomic E-state index is 5.50. The highest BCUT2D eigenvalue weighted by Crippen LogP contribution is 2.55. The third kappa shape index (κ3) is 19.6. The van der Waals surface area contributed by atoms with Gasteiger partial charge in [-0.3, -0.25) is 0 Å². The fourth-order valence-electron chi connectivity index (χ4n) is 25.0. The number of fused-ring (bicyclic) bond motifs is 8. The van der Waals surface area contributed by atoms with Crippen molar-refractivity contribution in [1.29, 1.82) is 0 Å². The van der Waals surface area contributed by atoms with Gasteiger partial charge in [0.1, 0.15) is 12.7 Å². The van der Waals surface area contributed by atoms with Crippen LogP contribution >= 0.6 is 0 Å². The van der Waals surface area contributed by atoms with Gasteiger partial charge in [-0.05, 0) is 315 Å². The summed E-state index contributed by atoms with van der Waals surface area (Å²) in [5.41, 5.74) is 42.9. The second-order valence-electron chi connectivity index (χ2n) is 52.8. The van der Waals surface area contributed by atoms with E-state index in [0.717, 1.165) is 22.3 Å². The van der Waals surface area contributed by atoms with Crippen molar-refractivity contribution < 1.29 is 0 Å². The average Bonchev–Trinajstić information content (AvgIpc) is 0.692. The minimum absolute atomic E-state index is 0.0254. The van der Waals surface area contributed by atoms with E-state index >= 15 is 0 Å². The third-order valence-corrected chi connectivity index (χ3v) is 33.9. The monoisotopic (exact) mass is 1930 g/mol. The molecule has 14 aromatic rings. The van der Waals surface area contributed by atoms with Crippen molar-refractivity contribution in [2.24, 2.45) is 0 Å². The van der Waals surface area contributed by atoms with Crippen LogP contribution in [0.15, 0.2) is 243 Å². The van der Waals surface area contributed by atoms with Crippen molar-refractivity contribution in [3.8, 4) is 45.6 Å². The molecule has 0 unspecified atom stereocenters. The molecule has 0 amide bonds. The molecule has 0 saturated heterocycles. The lowest BCUT2D eigenvalue weighted by molar-refractivity contribution is 0.444. The topological polar surface area (TPSA) is 90.3 Å². The minimum atomic E-state index is -0.0933. The van der Waals surface area contributed by atoms with E-state index in [2.05, 4.69) is 421 Å². The van der Waals surface area contributed by atoms with Crippen molar-refractivity contribution in [2.45, 2.75) is 362 Å². The molecule has 12 heteroatoms. The Morgan fingerprint density at radius 2 is 0.425 bits per heavy atom. The van der Waals surface area contributed by atoms with E-state index in [-0.39, 0.29) is 56.7 Å². The molecule has 4 aliphatic heterocycles. The fraction of sp³-hybridized carbons (Fsp3) is 0.418. The van der Waals surface area contributed by atoms with Crippen LogP contribution in [-0.2, 0) is 43.3 Å². The zero-order chi connectivity index (χ0) is 102. The molecule has 0 bridgehead atoms. The first-order valence-electron chi connectivity index (χ1n) is 55.7. The molecule has 2 aromatic heterocycles. The van der Waals surface area contributed by atoms with E-state index in [4.69, 9.17) is 24.9 Å². The summed E-state index contributed by atoms with van der Waals surface area (Å²) in [6.45, 7) is 56.6. The first kappa shape index (κ1) is 99.9. The predicted molar refractivity (Wildman–Crippen MR) is 622 cm³/mol. The van der Waals surface area contributed by atoms with Crippen molar-refractivity contribution >= 4 is 114 Å². The van der Waals surface area contributed by atoms with E-state index in [0.29, 0.717) is 47.0 Å². The largest absolute Gasteiger partial charge is 0.311 e. The summed E-state index contributed by atoms with van der Waals surface area (Å²) in [4.78, 5) is 40.8. The van der Waals surface area contributed by atoms with Gasteiger partial charge in [0, 0.05) is 90.5 Å². The van der Waals surface area contributed by atoms with Crippen molar-refractivity contribution in [1.82, 2.24) is 29.9 Å². The van der Waals surface area contributed by atoms with Gasteiger partial charge in [-0.2, -0.15) is 0 Å². The highest BCUT2D eigenvalue weighted by Gasteiger charge is 2.49. The van der Waals surface area contributed by atoms with Gasteiger partial charge in [0.05, 0.1) is 0 Å². The first-order valence-corrected chi connectivity index (χ1v) is 55.7. The normalized spacial score (nSPS) is 16.6. The van der Waals surface area contributed by atoms with E-state index in [9.17, 15) is 0 Å². The summed E-state index contributed by atoms with van der Waals surface area (Å²) in [5.74, 6) is 4.92. The molecule has 0 spiro atoms. The molecule has 4 fully saturated rings. The molecule has 10 nitrogen and oxygen atoms in total. The number of hydrogen-bond acceptors (Lipinski definition) is 10. The summed E-state index contributed by atoms with van der Waals surface area (Å²) in [6.07, 6.45) is 29.1. The summed E-state index contributed by atoms with van der Waals surface area (Å²) in [6, 6.07) is 91.0. The second-order valence-corrected chi connectivity index (χ2v) is 52.8. The van der Waals surface area contributed by atoms with Crippen LogP contribution in [0.25, 0.3) is 45.6 Å². The Kier molecular flexibility index (Phi) is 26.2. The van der Waals surface area contributed by atoms with Gasteiger partial charge < -0.3 is 19.6 Å². The van der Waals surface area contributed by atoms with Gasteiger partial charge in [0.2, 0.25) is 0 Å². The Labute approximate surface area is 875 Å². The summed E-state index contributed by atoms with van der Waals surface area (Å²) < 4.78 is 0. The van der Waals surface area contributed by atoms with Crippen molar-refractivity contribution in [2.75, 3.05) is 19.6 Å². The van der Waals surface area contributed by atoms with Crippen LogP contribution in [0.3, 0.4) is 0 Å². The smallest absolute Gasteiger partial charge is 0.252 e. The highest BCUT2D eigenvalue weighted by molar-refractivity contribution is 7.01. The van der Waals surface area contributed by atoms with Crippen LogP contribution in [0, 0.1) is 0 Å². The SMILES string of the molecule is CC(C)(C)c1cc(N2c3ccc(C4CCCCC4)cc3B3c4cc(C5CCCCC5)ccc4N(c4cc(C(C)(C)C)cc(C(C)(C)C)c4)c4cc(-c5nc(-c6ccccc6)nc(-c6ccccc6)n5)cc2c43)cc(C(C)(C)C)c1.CC(C)(C)c1cc(N2c3ccc(C4CCCCC4)cc3B3c4cc(C5CCCCC5)ccc4N(c4cc(C(C)(C)C)cc(C(C)(C)C)c4)c4cc(-c5ncncn5)cc2c43)cc(C(C)(C)C)c1. The maximum absolute atomic E-state index is 5.50. The van der Waals surface area contributed by atoms with E-state index in [1.807, 2.05) is 0 Å². The molecule has 0 radical (unpaired) electrons. The van der Waals surface area contributed by atoms with Gasteiger partial charge in [-0.1, -0.05) is 377 Å². The van der Waals surface area contributed by atoms with E-state index in [1.165, 1.54) is 296 Å². The molecule has 4 saturated carbocycles. The van der Waals surface area contributed by atoms with Gasteiger partial charge in [0.15, 0.2) is 23.3 Å². The highest BCUT2D eigenvalue weighted by atomic mass is 15.2. The number of rotatable bonds is 12. The summed E-state index contributed by atoms with van der Waals surface area (Å²) >= 11 is 0. The molecule has 6 heterocycles. The average molecular weight is 1930 g/mol. The first-order chi connectivity index (χ1) is 69.4. The Bertz CT molecular complexity index is 6730. The number of anilines is 12. The number of aromatic nitrogens is 6. The standard InChI is InChI=1S/C73H82BN5.C61H74BN5/c1-70(2,3)54-41-55(71(4,5)6)44-58(43-54)78-62-35-33-51(47-25-17-13-18-26-47)37-60(62)74-61-38-52(48-27-19-14-20-28-48)34-36-63(61)79(59-45-56(72(7,8)9)42-57(46-59)73(10,11)12)65-40-53(39-64(78)66(65)74)69-76-67(49-29-21-15-22-30-49)75-68(77-69)50-31-23-16-24-32-50;1-58(2,3)44-31-45(59(4,5)6)34-48(33-44)66-52-25-23-41(39-19-15-13-16-20-39)27-50(52)62-51-28-42(40-21-17-14-18-22-40)24-26-53(51)67(49-35-46(60(7,8)9)32-47(36-49)61(10,11)12)55-30-43(29-54(66)56(55)62)57-64-37-63-38-65-57/h15-16,21-24,29-48H,13-14,17-20,25-28H2,1-12H3;23-40H,13-22H2,1-12H3. The van der Waals surface area contributed by atoms with Crippen LogP contribution < -0.4 is 52.4 Å². The predicted octanol–water partition coefficient (Wildman–Crippen LogP) is 33.1. The van der Waals surface area contributed by atoms with Crippen LogP contribution in [0.5, 0.6) is 0 Å². The molecule has 4 aliphatic carbocycles. The summed E-state index contributed by atoms with van der Waals surface area (Å²) in [7, 11) is 0. The summed E-state index contributed by atoms with van der Waals surface area (Å²) in [5, 5.41) is 0. The lowest BCUT2D eigenvalue weighted by Gasteiger charge is -2.45. The Balaban J connectivity index is 0.000000174. The van der Waals surface area contributed by atoms with Gasteiger partial charge in [0.25, 0.3) is 13.4 Å². The molecule has 748 valence electrons. The molecular weight excluding hydrogens is 1770 g/mol. The van der Waals surface area contributed by atoms with Crippen LogP contribution in [0.1, 0.15) is 385 Å². The van der Waals surface area contributed by atoms with Crippen molar-refractivity contribution in [3.05, 3.63) is 310 Å². The molecule has 0 atom stereocenters. The number of hydrogen-bond donors (Lipinski definition) is 0. The van der Waals surface area contributed by atoms with E-state index in [1.54, 1.807) is 12.7 Å². The van der Waals surface area contributed by atoms with Crippen LogP contribution in [0.4, 0.5) is 68.2 Å². The third-order valence-electron chi connectivity index (χ3n) is 33.9. The zero-order valence-electron chi connectivity index (χ0n) is 92.2. The number of nitrogens with zero attached hydrogens (tertiary/aromatic N) is 10. The van der Waals surface area contributed by atoms with Gasteiger partial charge >= 0.3 is 0 Å². The van der Waals surface area contributed by atoms with Crippen LogP contribution in [-0.4, -0.2) is 43.3 Å². The molecular formula is C134H156B2N10. The molecule has 146 heavy (non-hydrogen) atoms. The Morgan fingerprint density at radius 1 is 0.212 bits per heavy atom. The molecule has 12 aromatic carbocycles. The number of benzene rings is 12.